The predicted molar refractivity (Wildman–Crippen MR) is 120 cm³/mol. The highest BCUT2D eigenvalue weighted by atomic mass is 19.4. The normalized spacial score (nSPS) is 12.3. The number of ether oxygens (including phenoxy) is 1. The Bertz CT molecular complexity index is 1410. The number of nitrogens with zero attached hydrogens (tertiary/aromatic N) is 5. The highest BCUT2D eigenvalue weighted by molar-refractivity contribution is 5.65. The Labute approximate surface area is 198 Å². The van der Waals surface area contributed by atoms with E-state index in [1.54, 1.807) is 18.3 Å². The van der Waals surface area contributed by atoms with E-state index in [0.717, 1.165) is 6.07 Å². The molecule has 3 N–H and O–H groups in total. The summed E-state index contributed by atoms with van der Waals surface area (Å²) >= 11 is 0. The Morgan fingerprint density at radius 2 is 1.94 bits per heavy atom. The molecule has 0 radical (unpaired) electrons. The fraction of sp³-hybridized carbons (Fsp3) is 0.167. The summed E-state index contributed by atoms with van der Waals surface area (Å²) < 4.78 is 48.0. The van der Waals surface area contributed by atoms with Gasteiger partial charge >= 0.3 is 6.18 Å². The van der Waals surface area contributed by atoms with Crippen LogP contribution in [0.5, 0.6) is 11.6 Å². The second-order valence-electron chi connectivity index (χ2n) is 7.55. The van der Waals surface area contributed by atoms with E-state index in [9.17, 15) is 23.5 Å². The molecule has 35 heavy (non-hydrogen) atoms. The molecule has 0 bridgehead atoms. The standard InChI is InChI=1S/C24H19F3N6O2/c1-14-31-19(17-4-2-3-5-18(17)24(25,26)27)9-23(32-14)35-22-8-15(10-28)6-7-20(22)33-13-16(12-30-33)21(34)11-29/h2-9,12-13,21,34H,11,29H2,1H3/t21-/m1/s1. The summed E-state index contributed by atoms with van der Waals surface area (Å²) in [6.45, 7) is 1.54. The molecule has 0 aliphatic heterocycles. The van der Waals surface area contributed by atoms with Gasteiger partial charge in [-0.2, -0.15) is 28.5 Å². The van der Waals surface area contributed by atoms with Gasteiger partial charge in [-0.05, 0) is 25.1 Å². The van der Waals surface area contributed by atoms with E-state index in [1.165, 1.54) is 48.1 Å². The number of aromatic nitrogens is 4. The predicted octanol–water partition coefficient (Wildman–Crippen LogP) is 4.31. The van der Waals surface area contributed by atoms with Crippen molar-refractivity contribution in [1.82, 2.24) is 19.7 Å². The number of nitriles is 1. The van der Waals surface area contributed by atoms with Crippen molar-refractivity contribution in [3.05, 3.63) is 83.4 Å². The minimum absolute atomic E-state index is 0.00477. The Morgan fingerprint density at radius 3 is 2.66 bits per heavy atom. The van der Waals surface area contributed by atoms with Crippen LogP contribution in [-0.4, -0.2) is 31.4 Å². The summed E-state index contributed by atoms with van der Waals surface area (Å²) in [6.07, 6.45) is -2.48. The number of aryl methyl sites for hydroxylation is 1. The average Bonchev–Trinajstić information content (AvgIpc) is 3.32. The molecule has 2 aromatic carbocycles. The number of halogens is 3. The van der Waals surface area contributed by atoms with E-state index in [0.29, 0.717) is 11.3 Å². The van der Waals surface area contributed by atoms with E-state index >= 15 is 0 Å². The number of nitrogens with two attached hydrogens (primary N) is 1. The van der Waals surface area contributed by atoms with Crippen molar-refractivity contribution in [2.45, 2.75) is 19.2 Å². The van der Waals surface area contributed by atoms with Crippen molar-refractivity contribution in [3.8, 4) is 34.6 Å². The van der Waals surface area contributed by atoms with E-state index in [2.05, 4.69) is 15.1 Å². The van der Waals surface area contributed by atoms with Crippen molar-refractivity contribution in [3.63, 3.8) is 0 Å². The number of alkyl halides is 3. The first kappa shape index (κ1) is 23.9. The number of benzene rings is 2. The van der Waals surface area contributed by atoms with Gasteiger partial charge in [0.2, 0.25) is 5.88 Å². The lowest BCUT2D eigenvalue weighted by atomic mass is 10.0. The summed E-state index contributed by atoms with van der Waals surface area (Å²) in [5.74, 6) is 0.351. The lowest BCUT2D eigenvalue weighted by Gasteiger charge is -2.15. The lowest BCUT2D eigenvalue weighted by Crippen LogP contribution is -2.10. The van der Waals surface area contributed by atoms with E-state index in [1.807, 2.05) is 6.07 Å². The van der Waals surface area contributed by atoms with Crippen LogP contribution in [0.2, 0.25) is 0 Å². The molecule has 0 unspecified atom stereocenters. The number of aliphatic hydroxyl groups is 1. The fourth-order valence-electron chi connectivity index (χ4n) is 3.43. The van der Waals surface area contributed by atoms with E-state index in [-0.39, 0.29) is 40.8 Å². The largest absolute Gasteiger partial charge is 0.437 e. The molecule has 0 amide bonds. The van der Waals surface area contributed by atoms with Gasteiger partial charge in [0, 0.05) is 36.0 Å². The van der Waals surface area contributed by atoms with E-state index < -0.39 is 17.8 Å². The van der Waals surface area contributed by atoms with Crippen molar-refractivity contribution in [1.29, 1.82) is 5.26 Å². The van der Waals surface area contributed by atoms with Crippen molar-refractivity contribution in [2.75, 3.05) is 6.54 Å². The van der Waals surface area contributed by atoms with Crippen molar-refractivity contribution < 1.29 is 23.0 Å². The molecule has 4 rings (SSSR count). The van der Waals surface area contributed by atoms with Crippen LogP contribution in [0.25, 0.3) is 16.9 Å². The third-order valence-corrected chi connectivity index (χ3v) is 5.08. The van der Waals surface area contributed by atoms with Crippen molar-refractivity contribution in [2.24, 2.45) is 5.73 Å². The third-order valence-electron chi connectivity index (χ3n) is 5.08. The first-order valence-corrected chi connectivity index (χ1v) is 10.4. The van der Waals surface area contributed by atoms with Gasteiger partial charge in [-0.1, -0.05) is 18.2 Å². The van der Waals surface area contributed by atoms with Gasteiger partial charge in [-0.25, -0.2) is 9.67 Å². The number of rotatable bonds is 6. The second kappa shape index (κ2) is 9.54. The summed E-state index contributed by atoms with van der Waals surface area (Å²) in [5, 5.41) is 23.5. The summed E-state index contributed by atoms with van der Waals surface area (Å²) in [7, 11) is 0. The molecule has 0 aliphatic carbocycles. The second-order valence-corrected chi connectivity index (χ2v) is 7.55. The zero-order valence-corrected chi connectivity index (χ0v) is 18.4. The molecule has 8 nitrogen and oxygen atoms in total. The van der Waals surface area contributed by atoms with Gasteiger partial charge in [-0.15, -0.1) is 0 Å². The van der Waals surface area contributed by atoms with Gasteiger partial charge in [0.25, 0.3) is 0 Å². The van der Waals surface area contributed by atoms with Gasteiger partial charge in [-0.3, -0.25) is 0 Å². The Morgan fingerprint density at radius 1 is 1.17 bits per heavy atom. The maximum absolute atomic E-state index is 13.5. The minimum atomic E-state index is -4.57. The molecule has 0 saturated heterocycles. The van der Waals surface area contributed by atoms with Gasteiger partial charge in [0.15, 0.2) is 5.75 Å². The fourth-order valence-corrected chi connectivity index (χ4v) is 3.43. The molecular formula is C24H19F3N6O2. The molecule has 178 valence electrons. The van der Waals surface area contributed by atoms with E-state index in [4.69, 9.17) is 10.5 Å². The maximum atomic E-state index is 13.5. The lowest BCUT2D eigenvalue weighted by molar-refractivity contribution is -0.137. The molecule has 0 saturated carbocycles. The summed E-state index contributed by atoms with van der Waals surface area (Å²) in [6, 6.07) is 13.0. The van der Waals surface area contributed by atoms with Crippen LogP contribution in [0.15, 0.2) is 60.9 Å². The first-order valence-electron chi connectivity index (χ1n) is 10.4. The van der Waals surface area contributed by atoms with Gasteiger partial charge in [0.05, 0.1) is 35.2 Å². The zero-order valence-electron chi connectivity index (χ0n) is 18.4. The topological polar surface area (TPSA) is 123 Å². The number of aliphatic hydroxyl groups excluding tert-OH is 1. The van der Waals surface area contributed by atoms with Gasteiger partial charge in [0.1, 0.15) is 11.5 Å². The third kappa shape index (κ3) is 5.13. The first-order chi connectivity index (χ1) is 16.7. The number of hydrogen-bond acceptors (Lipinski definition) is 7. The summed E-state index contributed by atoms with van der Waals surface area (Å²) in [5.41, 5.74) is 5.76. The Hall–Kier alpha value is -4.27. The molecule has 0 fully saturated rings. The smallest absolute Gasteiger partial charge is 0.417 e. The SMILES string of the molecule is Cc1nc(Oc2cc(C#N)ccc2-n2cc([C@H](O)CN)cn2)cc(-c2ccccc2C(F)(F)F)n1. The van der Waals surface area contributed by atoms with Crippen LogP contribution < -0.4 is 10.5 Å². The quantitative estimate of drug-likeness (QED) is 0.421. The molecule has 0 spiro atoms. The van der Waals surface area contributed by atoms with Crippen LogP contribution in [0, 0.1) is 18.3 Å². The monoisotopic (exact) mass is 480 g/mol. The molecule has 0 aliphatic rings. The number of hydrogen-bond donors (Lipinski definition) is 2. The molecule has 1 atom stereocenters. The van der Waals surface area contributed by atoms with Crippen molar-refractivity contribution >= 4 is 0 Å². The van der Waals surface area contributed by atoms with Crippen LogP contribution >= 0.6 is 0 Å². The van der Waals surface area contributed by atoms with Crippen LogP contribution in [-0.2, 0) is 6.18 Å². The molecule has 2 heterocycles. The zero-order chi connectivity index (χ0) is 25.2. The van der Waals surface area contributed by atoms with Crippen LogP contribution in [0.4, 0.5) is 13.2 Å². The maximum Gasteiger partial charge on any atom is 0.417 e. The molecule has 2 aromatic heterocycles. The average molecular weight is 480 g/mol. The Balaban J connectivity index is 1.77. The molecule has 11 heteroatoms. The molecular weight excluding hydrogens is 461 g/mol. The highest BCUT2D eigenvalue weighted by Gasteiger charge is 2.33. The van der Waals surface area contributed by atoms with Crippen LogP contribution in [0.3, 0.4) is 0 Å². The summed E-state index contributed by atoms with van der Waals surface area (Å²) in [4.78, 5) is 8.37. The molecule has 4 aromatic rings. The minimum Gasteiger partial charge on any atom is -0.437 e. The Kier molecular flexibility index (Phi) is 6.50. The van der Waals surface area contributed by atoms with Gasteiger partial charge < -0.3 is 15.6 Å². The van der Waals surface area contributed by atoms with Crippen LogP contribution in [0.1, 0.15) is 28.6 Å². The highest BCUT2D eigenvalue weighted by Crippen LogP contribution is 2.37.